The molecule has 0 unspecified atom stereocenters. The first-order valence-electron chi connectivity index (χ1n) is 4.22. The molecule has 0 radical (unpaired) electrons. The van der Waals surface area contributed by atoms with E-state index in [2.05, 4.69) is 0 Å². The molecule has 0 aliphatic rings. The Morgan fingerprint density at radius 3 is 2.57 bits per heavy atom. The molecule has 0 atom stereocenters. The standard InChI is InChI=1S/C11H9NO2/c12-11(13)9-5-2-1-4-8(9)10-6-3-7-14-10/h1-7H,(H2,12,13). The van der Waals surface area contributed by atoms with E-state index in [1.165, 1.54) is 0 Å². The number of primary amides is 1. The monoisotopic (exact) mass is 187 g/mol. The van der Waals surface area contributed by atoms with Crippen LogP contribution in [-0.2, 0) is 0 Å². The van der Waals surface area contributed by atoms with Gasteiger partial charge in [-0.2, -0.15) is 0 Å². The molecule has 14 heavy (non-hydrogen) atoms. The number of carbonyl (C=O) groups is 1. The zero-order valence-electron chi connectivity index (χ0n) is 7.44. The molecule has 2 rings (SSSR count). The average molecular weight is 187 g/mol. The molecule has 3 nitrogen and oxygen atoms in total. The zero-order valence-corrected chi connectivity index (χ0v) is 7.44. The van der Waals surface area contributed by atoms with Gasteiger partial charge in [-0.15, -0.1) is 0 Å². The van der Waals surface area contributed by atoms with Gasteiger partial charge in [-0.3, -0.25) is 4.79 Å². The predicted molar refractivity (Wildman–Crippen MR) is 52.7 cm³/mol. The van der Waals surface area contributed by atoms with E-state index in [9.17, 15) is 4.79 Å². The third-order valence-corrected chi connectivity index (χ3v) is 1.98. The van der Waals surface area contributed by atoms with Crippen LogP contribution < -0.4 is 5.73 Å². The second kappa shape index (κ2) is 3.38. The van der Waals surface area contributed by atoms with Gasteiger partial charge in [-0.05, 0) is 18.2 Å². The van der Waals surface area contributed by atoms with Crippen molar-refractivity contribution in [2.24, 2.45) is 5.73 Å². The number of hydrogen-bond acceptors (Lipinski definition) is 2. The number of hydrogen-bond donors (Lipinski definition) is 1. The lowest BCUT2D eigenvalue weighted by Gasteiger charge is -2.02. The maximum atomic E-state index is 11.1. The normalized spacial score (nSPS) is 10.0. The van der Waals surface area contributed by atoms with Crippen molar-refractivity contribution in [2.45, 2.75) is 0 Å². The fourth-order valence-electron chi connectivity index (χ4n) is 1.34. The molecule has 1 aromatic carbocycles. The minimum absolute atomic E-state index is 0.447. The van der Waals surface area contributed by atoms with Crippen LogP contribution in [0.5, 0.6) is 0 Å². The van der Waals surface area contributed by atoms with Gasteiger partial charge >= 0.3 is 0 Å². The van der Waals surface area contributed by atoms with Crippen LogP contribution in [0.3, 0.4) is 0 Å². The highest BCUT2D eigenvalue weighted by Gasteiger charge is 2.10. The fraction of sp³-hybridized carbons (Fsp3) is 0. The smallest absolute Gasteiger partial charge is 0.249 e. The minimum Gasteiger partial charge on any atom is -0.464 e. The van der Waals surface area contributed by atoms with Crippen LogP contribution in [-0.4, -0.2) is 5.91 Å². The second-order valence-electron chi connectivity index (χ2n) is 2.89. The van der Waals surface area contributed by atoms with E-state index in [1.54, 1.807) is 36.6 Å². The fourth-order valence-corrected chi connectivity index (χ4v) is 1.34. The van der Waals surface area contributed by atoms with Gasteiger partial charge in [0.15, 0.2) is 0 Å². The maximum absolute atomic E-state index is 11.1. The molecular weight excluding hydrogens is 178 g/mol. The van der Waals surface area contributed by atoms with Crippen LogP contribution in [0.25, 0.3) is 11.3 Å². The molecule has 2 aromatic rings. The summed E-state index contributed by atoms with van der Waals surface area (Å²) < 4.78 is 5.20. The highest BCUT2D eigenvalue weighted by Crippen LogP contribution is 2.23. The van der Waals surface area contributed by atoms with Gasteiger partial charge < -0.3 is 10.2 Å². The van der Waals surface area contributed by atoms with Crippen molar-refractivity contribution in [3.63, 3.8) is 0 Å². The lowest BCUT2D eigenvalue weighted by molar-refractivity contribution is 0.100. The SMILES string of the molecule is NC(=O)c1ccccc1-c1ccco1. The Morgan fingerprint density at radius 2 is 1.93 bits per heavy atom. The summed E-state index contributed by atoms with van der Waals surface area (Å²) in [7, 11) is 0. The molecule has 0 aliphatic carbocycles. The number of carbonyl (C=O) groups excluding carboxylic acids is 1. The molecule has 0 saturated heterocycles. The van der Waals surface area contributed by atoms with E-state index < -0.39 is 5.91 Å². The first kappa shape index (κ1) is 8.56. The van der Waals surface area contributed by atoms with E-state index in [0.717, 1.165) is 5.56 Å². The van der Waals surface area contributed by atoms with Crippen molar-refractivity contribution in [2.75, 3.05) is 0 Å². The van der Waals surface area contributed by atoms with Crippen molar-refractivity contribution in [1.82, 2.24) is 0 Å². The highest BCUT2D eigenvalue weighted by atomic mass is 16.3. The summed E-state index contributed by atoms with van der Waals surface area (Å²) >= 11 is 0. The quantitative estimate of drug-likeness (QED) is 0.782. The van der Waals surface area contributed by atoms with Crippen molar-refractivity contribution in [1.29, 1.82) is 0 Å². The van der Waals surface area contributed by atoms with Gasteiger partial charge in [0, 0.05) is 5.56 Å². The number of amides is 1. The summed E-state index contributed by atoms with van der Waals surface area (Å²) in [4.78, 5) is 11.1. The number of furan rings is 1. The Balaban J connectivity index is 2.58. The molecule has 1 aromatic heterocycles. The predicted octanol–water partition coefficient (Wildman–Crippen LogP) is 2.05. The van der Waals surface area contributed by atoms with Crippen LogP contribution in [0.2, 0.25) is 0 Å². The van der Waals surface area contributed by atoms with Gasteiger partial charge in [0.05, 0.1) is 11.8 Å². The second-order valence-corrected chi connectivity index (χ2v) is 2.89. The molecule has 0 aliphatic heterocycles. The highest BCUT2D eigenvalue weighted by molar-refractivity contribution is 5.99. The van der Waals surface area contributed by atoms with Crippen LogP contribution in [0, 0.1) is 0 Å². The average Bonchev–Trinajstić information content (AvgIpc) is 2.70. The summed E-state index contributed by atoms with van der Waals surface area (Å²) in [5.41, 5.74) is 6.44. The number of rotatable bonds is 2. The van der Waals surface area contributed by atoms with E-state index in [-0.39, 0.29) is 0 Å². The molecule has 1 amide bonds. The van der Waals surface area contributed by atoms with Gasteiger partial charge in [0.2, 0.25) is 5.91 Å². The molecule has 0 saturated carbocycles. The molecule has 2 N–H and O–H groups in total. The lowest BCUT2D eigenvalue weighted by Crippen LogP contribution is -2.11. The van der Waals surface area contributed by atoms with Gasteiger partial charge in [-0.1, -0.05) is 18.2 Å². The maximum Gasteiger partial charge on any atom is 0.249 e. The molecule has 0 bridgehead atoms. The summed E-state index contributed by atoms with van der Waals surface area (Å²) in [6.07, 6.45) is 1.56. The van der Waals surface area contributed by atoms with Crippen LogP contribution in [0.1, 0.15) is 10.4 Å². The van der Waals surface area contributed by atoms with E-state index in [1.807, 2.05) is 6.07 Å². The Hall–Kier alpha value is -2.03. The Morgan fingerprint density at radius 1 is 1.14 bits per heavy atom. The van der Waals surface area contributed by atoms with E-state index >= 15 is 0 Å². The van der Waals surface area contributed by atoms with Crippen molar-refractivity contribution in [3.8, 4) is 11.3 Å². The Labute approximate surface area is 81.1 Å². The summed E-state index contributed by atoms with van der Waals surface area (Å²) in [5, 5.41) is 0. The van der Waals surface area contributed by atoms with Crippen LogP contribution in [0.4, 0.5) is 0 Å². The molecule has 0 spiro atoms. The summed E-state index contributed by atoms with van der Waals surface area (Å²) in [6, 6.07) is 10.7. The van der Waals surface area contributed by atoms with Crippen LogP contribution >= 0.6 is 0 Å². The third-order valence-electron chi connectivity index (χ3n) is 1.98. The number of nitrogens with two attached hydrogens (primary N) is 1. The summed E-state index contributed by atoms with van der Waals surface area (Å²) in [5.74, 6) is 0.205. The van der Waals surface area contributed by atoms with Crippen molar-refractivity contribution >= 4 is 5.91 Å². The third kappa shape index (κ3) is 1.40. The topological polar surface area (TPSA) is 56.2 Å². The first-order valence-corrected chi connectivity index (χ1v) is 4.22. The largest absolute Gasteiger partial charge is 0.464 e. The molecular formula is C11H9NO2. The van der Waals surface area contributed by atoms with Crippen molar-refractivity contribution < 1.29 is 9.21 Å². The van der Waals surface area contributed by atoms with Gasteiger partial charge in [0.25, 0.3) is 0 Å². The molecule has 3 heteroatoms. The molecule has 0 fully saturated rings. The van der Waals surface area contributed by atoms with E-state index in [0.29, 0.717) is 11.3 Å². The number of benzene rings is 1. The lowest BCUT2D eigenvalue weighted by atomic mass is 10.1. The Kier molecular flexibility index (Phi) is 2.07. The zero-order chi connectivity index (χ0) is 9.97. The first-order chi connectivity index (χ1) is 6.79. The van der Waals surface area contributed by atoms with E-state index in [4.69, 9.17) is 10.2 Å². The Bertz CT molecular complexity index is 446. The molecule has 1 heterocycles. The summed E-state index contributed by atoms with van der Waals surface area (Å²) in [6.45, 7) is 0. The van der Waals surface area contributed by atoms with Crippen LogP contribution in [0.15, 0.2) is 47.1 Å². The minimum atomic E-state index is -0.447. The van der Waals surface area contributed by atoms with Gasteiger partial charge in [-0.25, -0.2) is 0 Å². The molecule has 70 valence electrons. The van der Waals surface area contributed by atoms with Crippen molar-refractivity contribution in [3.05, 3.63) is 48.2 Å². The van der Waals surface area contributed by atoms with Gasteiger partial charge in [0.1, 0.15) is 5.76 Å².